The zero-order valence-electron chi connectivity index (χ0n) is 76.7. The SMILES string of the molecule is CCCC[C@H]1C(=O)N(C)[C@@H](CCCC)C(=O)N[C@@H](CCCNC(=N)N)C(=O)N[C@H](C(=O)NCC(N)=O)CSCC(=O)N[C@@H](Cc2ccccc2)C(=O)N(C)[C@@H](C)C(=O)N[C@@H](CC(N)=O)C(=O)N2CCCC2C(=O)N[C@@H](Cc2cnc[nH]2)C(=O)N[C@@H](CC(C)C)C(=O)N(C)[C@@H](C)C(=O)N[C@@H](Cc2c[nH]c3ccccc23)C(=O)N[C@@H](CO)C(=O)N[C@@H](Cc2c[nH]c3ccccc23)C(=O)N1C. The van der Waals surface area contributed by atoms with Gasteiger partial charge in [0.25, 0.3) is 0 Å². The molecule has 1 unspecified atom stereocenters. The van der Waals surface area contributed by atoms with Crippen molar-refractivity contribution in [3.05, 3.63) is 126 Å². The lowest BCUT2D eigenvalue weighted by atomic mass is 10.00. The number of amides is 17. The number of nitrogens with one attached hydrogen (secondary N) is 15. The molecule has 722 valence electrons. The van der Waals surface area contributed by atoms with Crippen LogP contribution in [-0.2, 0) is 107 Å². The molecule has 6 aromatic rings. The second kappa shape index (κ2) is 50.8. The first-order valence-electron chi connectivity index (χ1n) is 44.7. The summed E-state index contributed by atoms with van der Waals surface area (Å²) in [5.41, 5.74) is 20.0. The highest BCUT2D eigenvalue weighted by Gasteiger charge is 2.44. The number of likely N-dealkylation sites (N-methyl/N-ethyl adjacent to an activating group) is 4. The molecule has 3 aromatic heterocycles. The van der Waals surface area contributed by atoms with Crippen molar-refractivity contribution in [2.75, 3.05) is 65.9 Å². The number of benzene rings is 3. The maximum Gasteiger partial charge on any atom is 0.246 e. The molecule has 2 aliphatic rings. The number of carbonyl (C=O) groups excluding carboxylic acids is 17. The number of fused-ring (bicyclic) bond motifs is 3. The van der Waals surface area contributed by atoms with Gasteiger partial charge in [0.2, 0.25) is 100 Å². The molecule has 2 saturated heterocycles. The first-order chi connectivity index (χ1) is 63.3. The first-order valence-corrected chi connectivity index (χ1v) is 45.8. The number of aliphatic hydroxyl groups excluding tert-OH is 1. The van der Waals surface area contributed by atoms with Crippen LogP contribution >= 0.6 is 11.8 Å². The van der Waals surface area contributed by atoms with Crippen molar-refractivity contribution in [1.29, 1.82) is 5.41 Å². The van der Waals surface area contributed by atoms with Crippen LogP contribution in [0.5, 0.6) is 0 Å². The summed E-state index contributed by atoms with van der Waals surface area (Å²) in [5.74, 6) is -17.1. The van der Waals surface area contributed by atoms with Crippen molar-refractivity contribution in [3.8, 4) is 0 Å². The summed E-state index contributed by atoms with van der Waals surface area (Å²) in [6, 6.07) is 1.41. The number of imidazole rings is 1. The number of hydrogen-bond donors (Lipinski definition) is 19. The van der Waals surface area contributed by atoms with E-state index in [9.17, 15) is 57.8 Å². The van der Waals surface area contributed by atoms with Gasteiger partial charge in [0.1, 0.15) is 84.6 Å². The lowest BCUT2D eigenvalue weighted by Gasteiger charge is -2.36. The van der Waals surface area contributed by atoms with Gasteiger partial charge in [-0.2, -0.15) is 0 Å². The van der Waals surface area contributed by atoms with E-state index in [-0.39, 0.29) is 89.6 Å². The van der Waals surface area contributed by atoms with Crippen LogP contribution in [0.2, 0.25) is 0 Å². The molecule has 133 heavy (non-hydrogen) atoms. The molecule has 0 spiro atoms. The quantitative estimate of drug-likeness (QED) is 0.0163. The van der Waals surface area contributed by atoms with Gasteiger partial charge in [-0.15, -0.1) is 11.8 Å². The molecule has 14 atom stereocenters. The van der Waals surface area contributed by atoms with Crippen molar-refractivity contribution in [2.45, 2.75) is 229 Å². The molecule has 42 nitrogen and oxygen atoms in total. The Hall–Kier alpha value is -13.5. The smallest absolute Gasteiger partial charge is 0.246 e. The zero-order valence-corrected chi connectivity index (χ0v) is 77.6. The second-order valence-electron chi connectivity index (χ2n) is 34.0. The van der Waals surface area contributed by atoms with Gasteiger partial charge in [0, 0.05) is 119 Å². The third kappa shape index (κ3) is 30.0. The average molecular weight is 1870 g/mol. The predicted molar refractivity (Wildman–Crippen MR) is 494 cm³/mol. The van der Waals surface area contributed by atoms with Gasteiger partial charge < -0.3 is 120 Å². The highest BCUT2D eigenvalue weighted by atomic mass is 32.2. The molecule has 0 bridgehead atoms. The Morgan fingerprint density at radius 2 is 1.02 bits per heavy atom. The van der Waals surface area contributed by atoms with Crippen molar-refractivity contribution >= 4 is 140 Å². The average Bonchev–Trinajstić information content (AvgIpc) is 1.78. The number of aromatic amines is 3. The van der Waals surface area contributed by atoms with Crippen molar-refractivity contribution < 1.29 is 86.6 Å². The summed E-state index contributed by atoms with van der Waals surface area (Å²) in [6.07, 6.45) is 5.98. The lowest BCUT2D eigenvalue weighted by molar-refractivity contribution is -0.149. The number of hydrogen-bond acceptors (Lipinski definition) is 21. The second-order valence-corrected chi connectivity index (χ2v) is 35.1. The maximum absolute atomic E-state index is 15.7. The van der Waals surface area contributed by atoms with Gasteiger partial charge in [0.05, 0.1) is 31.7 Å². The minimum atomic E-state index is -1.86. The number of unbranched alkanes of at least 4 members (excludes halogenated alkanes) is 2. The molecule has 0 saturated carbocycles. The van der Waals surface area contributed by atoms with Crippen molar-refractivity contribution in [1.82, 2.24) is 103 Å². The third-order valence-corrected chi connectivity index (χ3v) is 24.7. The van der Waals surface area contributed by atoms with E-state index in [0.717, 1.165) is 36.3 Å². The fourth-order valence-electron chi connectivity index (χ4n) is 15.9. The molecule has 3 aromatic carbocycles. The van der Waals surface area contributed by atoms with Crippen LogP contribution in [-0.4, -0.2) is 306 Å². The van der Waals surface area contributed by atoms with E-state index >= 15 is 28.8 Å². The Morgan fingerprint density at radius 3 is 1.59 bits per heavy atom. The monoisotopic (exact) mass is 1860 g/mol. The lowest BCUT2D eigenvalue weighted by Crippen LogP contribution is -2.62. The number of nitrogens with zero attached hydrogens (tertiary/aromatic N) is 6. The van der Waals surface area contributed by atoms with Crippen molar-refractivity contribution in [2.24, 2.45) is 23.1 Å². The number of H-pyrrole nitrogens is 3. The van der Waals surface area contributed by atoms with E-state index in [1.807, 2.05) is 13.8 Å². The van der Waals surface area contributed by atoms with Gasteiger partial charge in [-0.25, -0.2) is 4.98 Å². The van der Waals surface area contributed by atoms with E-state index < -0.39 is 222 Å². The summed E-state index contributed by atoms with van der Waals surface area (Å²) in [5, 5.41) is 49.6. The van der Waals surface area contributed by atoms with E-state index in [1.54, 1.807) is 105 Å². The number of rotatable bonds is 26. The molecule has 5 heterocycles. The fraction of sp³-hybridized carbons (Fsp3) is 0.522. The minimum absolute atomic E-state index is 0.000847. The third-order valence-electron chi connectivity index (χ3n) is 23.7. The topological polar surface area (TPSA) is 621 Å². The van der Waals surface area contributed by atoms with Crippen molar-refractivity contribution in [3.63, 3.8) is 0 Å². The summed E-state index contributed by atoms with van der Waals surface area (Å²) < 4.78 is 0. The van der Waals surface area contributed by atoms with E-state index in [0.29, 0.717) is 69.9 Å². The zero-order chi connectivity index (χ0) is 97.4. The van der Waals surface area contributed by atoms with E-state index in [4.69, 9.17) is 22.6 Å². The summed E-state index contributed by atoms with van der Waals surface area (Å²) >= 11 is 0.795. The summed E-state index contributed by atoms with van der Waals surface area (Å²) in [4.78, 5) is 268. The summed E-state index contributed by atoms with van der Waals surface area (Å²) in [7, 11) is 5.27. The molecule has 2 fully saturated rings. The van der Waals surface area contributed by atoms with E-state index in [2.05, 4.69) is 78.4 Å². The Kier molecular flexibility index (Phi) is 40.1. The molecular weight excluding hydrogens is 1740 g/mol. The highest BCUT2D eigenvalue weighted by molar-refractivity contribution is 8.00. The number of primary amides is 2. The number of nitrogens with two attached hydrogens (primary N) is 3. The molecule has 17 amide bonds. The van der Waals surface area contributed by atoms with Crippen LogP contribution in [0.4, 0.5) is 0 Å². The predicted octanol–water partition coefficient (Wildman–Crippen LogP) is -1.75. The fourth-order valence-corrected chi connectivity index (χ4v) is 16.8. The van der Waals surface area contributed by atoms with Gasteiger partial charge in [-0.1, -0.05) is 120 Å². The molecule has 0 radical (unpaired) electrons. The molecule has 8 rings (SSSR count). The van der Waals surface area contributed by atoms with Crippen LogP contribution in [0.15, 0.2) is 104 Å². The first kappa shape index (κ1) is 105. The Labute approximate surface area is 775 Å². The number of guanidine groups is 1. The van der Waals surface area contributed by atoms with Crippen LogP contribution in [0.25, 0.3) is 21.8 Å². The normalized spacial score (nSPS) is 24.0. The van der Waals surface area contributed by atoms with Gasteiger partial charge in [-0.3, -0.25) is 86.9 Å². The maximum atomic E-state index is 15.7. The van der Waals surface area contributed by atoms with Crippen LogP contribution in [0.1, 0.15) is 141 Å². The molecule has 0 aliphatic carbocycles. The Balaban J connectivity index is 1.19. The summed E-state index contributed by atoms with van der Waals surface area (Å²) in [6.45, 7) is 8.04. The van der Waals surface area contributed by atoms with Crippen LogP contribution < -0.4 is 75.7 Å². The number of aromatic nitrogens is 4. The molecule has 22 N–H and O–H groups in total. The van der Waals surface area contributed by atoms with Gasteiger partial charge in [0.15, 0.2) is 5.96 Å². The minimum Gasteiger partial charge on any atom is -0.394 e. The Bertz CT molecular complexity index is 5090. The highest BCUT2D eigenvalue weighted by Crippen LogP contribution is 2.26. The number of carbonyl (C=O) groups is 17. The van der Waals surface area contributed by atoms with Crippen LogP contribution in [0.3, 0.4) is 0 Å². The number of aliphatic hydroxyl groups is 1. The van der Waals surface area contributed by atoms with Gasteiger partial charge in [-0.05, 0) is 93.5 Å². The standard InChI is InChI=1S/C90H128N24O18S/c1-11-13-31-70-83(126)102-61(30-22-34-96-90(93)94)79(122)109-69(78(121)99-45-74(92)117)47-133-48-75(118)101-65(37-53-24-16-15-17-25-53)86(129)111(8)52(6)77(120)105-67(41-73(91)116)88(131)114-35-23-33-71(114)84(127)104-63(40-56-44-95-49-100-56)81(124)106-64(36-50(3)4)85(128)110(7)51(5)76(119)103-62(38-54-42-97-59-28-20-18-26-57(54)59)80(123)108-68(46-115)82(125)107-66(39-55-43-98-60-29-21-19-27-58(55)60)87(130)113(10)72(32-14-12-2)89(132)112(70)9/h15-21,24-29,42-44,49-52,61-72,97-98,115H,11-14,22-23,30-41,45-48H2,1-10H3,(H2,91,116)(H2,92,117)(H,95,100)(H,99,121)(H,101,118)(H,102,126)(H,103,119)(H,104,127)(H,105,120)(H,106,124)(H,107,125)(H,108,123)(H,109,122)(H4,93,94,96)/t51-,52-,61-,62-,63-,64-,65-,66-,67-,68-,69-,70-,71?,72-/m0/s1. The van der Waals surface area contributed by atoms with Crippen LogP contribution in [0, 0.1) is 11.3 Å². The number of thioether (sulfide) groups is 1. The molecule has 43 heteroatoms. The van der Waals surface area contributed by atoms with E-state index in [1.165, 1.54) is 54.6 Å². The molecular formula is C90H128N24O18S. The Morgan fingerprint density at radius 1 is 0.519 bits per heavy atom. The molecule has 2 aliphatic heterocycles. The largest absolute Gasteiger partial charge is 0.394 e. The number of para-hydroxylation sites is 2. The van der Waals surface area contributed by atoms with Gasteiger partial charge >= 0.3 is 0 Å².